The van der Waals surface area contributed by atoms with Crippen molar-refractivity contribution in [1.29, 1.82) is 0 Å². The van der Waals surface area contributed by atoms with Gasteiger partial charge in [0.2, 0.25) is 5.91 Å². The van der Waals surface area contributed by atoms with Gasteiger partial charge in [-0.25, -0.2) is 0 Å². The molecule has 1 saturated heterocycles. The van der Waals surface area contributed by atoms with Gasteiger partial charge in [0, 0.05) is 38.4 Å². The minimum absolute atomic E-state index is 0.134. The van der Waals surface area contributed by atoms with E-state index in [4.69, 9.17) is 0 Å². The second-order valence-electron chi connectivity index (χ2n) is 5.94. The second-order valence-corrected chi connectivity index (χ2v) is 5.94. The minimum Gasteiger partial charge on any atom is -0.324 e. The number of carbonyl (C=O) groups is 1. The van der Waals surface area contributed by atoms with Crippen molar-refractivity contribution in [2.45, 2.75) is 24.9 Å². The van der Waals surface area contributed by atoms with E-state index >= 15 is 0 Å². The molecule has 2 aromatic rings. The SMILES string of the molecule is Cn1nccc1CN1CCC12Cc1ccccc1NC2=O. The van der Waals surface area contributed by atoms with Gasteiger partial charge in [-0.2, -0.15) is 5.10 Å². The molecule has 5 nitrogen and oxygen atoms in total. The van der Waals surface area contributed by atoms with Gasteiger partial charge >= 0.3 is 0 Å². The third kappa shape index (κ3) is 1.81. The minimum atomic E-state index is -0.376. The summed E-state index contributed by atoms with van der Waals surface area (Å²) in [6.07, 6.45) is 3.52. The molecule has 108 valence electrons. The smallest absolute Gasteiger partial charge is 0.245 e. The Bertz CT molecular complexity index is 708. The number of fused-ring (bicyclic) bond motifs is 1. The number of aryl methyl sites for hydroxylation is 1. The van der Waals surface area contributed by atoms with Crippen LogP contribution in [0.4, 0.5) is 5.69 Å². The predicted octanol–water partition coefficient (Wildman–Crippen LogP) is 1.56. The van der Waals surface area contributed by atoms with Gasteiger partial charge in [-0.05, 0) is 24.1 Å². The van der Waals surface area contributed by atoms with Gasteiger partial charge in [-0.1, -0.05) is 18.2 Å². The standard InChI is InChI=1S/C16H18N4O/c1-19-13(6-8-17-19)11-20-9-7-16(20)10-12-4-2-3-5-14(12)18-15(16)21/h2-6,8H,7,9-11H2,1H3,(H,18,21). The molecule has 0 aliphatic carbocycles. The topological polar surface area (TPSA) is 50.2 Å². The Hall–Kier alpha value is -2.14. The molecule has 3 heterocycles. The van der Waals surface area contributed by atoms with Crippen LogP contribution in [0.25, 0.3) is 0 Å². The Balaban J connectivity index is 1.63. The van der Waals surface area contributed by atoms with Gasteiger partial charge in [0.05, 0.1) is 5.69 Å². The van der Waals surface area contributed by atoms with E-state index in [0.29, 0.717) is 0 Å². The molecule has 2 aliphatic rings. The molecule has 1 unspecified atom stereocenters. The Kier molecular flexibility index (Phi) is 2.65. The lowest BCUT2D eigenvalue weighted by molar-refractivity contribution is -0.139. The van der Waals surface area contributed by atoms with Crippen LogP contribution >= 0.6 is 0 Å². The fraction of sp³-hybridized carbons (Fsp3) is 0.375. The summed E-state index contributed by atoms with van der Waals surface area (Å²) in [7, 11) is 1.94. The van der Waals surface area contributed by atoms with Crippen molar-refractivity contribution < 1.29 is 4.79 Å². The zero-order chi connectivity index (χ0) is 14.4. The molecular formula is C16H18N4O. The Morgan fingerprint density at radius 1 is 1.33 bits per heavy atom. The van der Waals surface area contributed by atoms with Crippen LogP contribution in [0.2, 0.25) is 0 Å². The van der Waals surface area contributed by atoms with Crippen LogP contribution in [0.3, 0.4) is 0 Å². The Morgan fingerprint density at radius 2 is 2.19 bits per heavy atom. The lowest BCUT2D eigenvalue weighted by Gasteiger charge is -2.53. The maximum Gasteiger partial charge on any atom is 0.245 e. The number of anilines is 1. The van der Waals surface area contributed by atoms with E-state index in [2.05, 4.69) is 21.4 Å². The summed E-state index contributed by atoms with van der Waals surface area (Å²) in [5, 5.41) is 7.28. The molecule has 1 amide bonds. The van der Waals surface area contributed by atoms with Crippen molar-refractivity contribution in [3.8, 4) is 0 Å². The largest absolute Gasteiger partial charge is 0.324 e. The molecule has 0 saturated carbocycles. The zero-order valence-corrected chi connectivity index (χ0v) is 12.0. The van der Waals surface area contributed by atoms with Crippen molar-refractivity contribution in [3.05, 3.63) is 47.8 Å². The number of likely N-dealkylation sites (tertiary alicyclic amines) is 1. The molecule has 0 radical (unpaired) electrons. The molecule has 0 bridgehead atoms. The first-order valence-electron chi connectivity index (χ1n) is 7.30. The molecule has 21 heavy (non-hydrogen) atoms. The average molecular weight is 282 g/mol. The summed E-state index contributed by atoms with van der Waals surface area (Å²) in [5.41, 5.74) is 2.95. The first-order chi connectivity index (χ1) is 10.2. The van der Waals surface area contributed by atoms with Crippen molar-refractivity contribution in [1.82, 2.24) is 14.7 Å². The third-order valence-corrected chi connectivity index (χ3v) is 4.85. The van der Waals surface area contributed by atoms with Gasteiger partial charge in [-0.3, -0.25) is 14.4 Å². The second kappa shape index (κ2) is 4.43. The van der Waals surface area contributed by atoms with E-state index in [-0.39, 0.29) is 11.4 Å². The molecule has 5 heteroatoms. The van der Waals surface area contributed by atoms with Crippen molar-refractivity contribution in [2.75, 3.05) is 11.9 Å². The molecular weight excluding hydrogens is 264 g/mol. The van der Waals surface area contributed by atoms with Crippen LogP contribution < -0.4 is 5.32 Å². The van der Waals surface area contributed by atoms with Gasteiger partial charge in [-0.15, -0.1) is 0 Å². The van der Waals surface area contributed by atoms with Gasteiger partial charge < -0.3 is 5.32 Å². The maximum atomic E-state index is 12.6. The molecule has 4 rings (SSSR count). The molecule has 1 N–H and O–H groups in total. The summed E-state index contributed by atoms with van der Waals surface area (Å²) < 4.78 is 1.88. The number of hydrogen-bond acceptors (Lipinski definition) is 3. The summed E-state index contributed by atoms with van der Waals surface area (Å²) in [6, 6.07) is 10.1. The fourth-order valence-electron chi connectivity index (χ4n) is 3.41. The van der Waals surface area contributed by atoms with Gasteiger partial charge in [0.15, 0.2) is 0 Å². The number of hydrogen-bond donors (Lipinski definition) is 1. The van der Waals surface area contributed by atoms with Crippen LogP contribution in [-0.2, 0) is 24.8 Å². The lowest BCUT2D eigenvalue weighted by Crippen LogP contribution is -2.68. The average Bonchev–Trinajstić information content (AvgIpc) is 2.88. The van der Waals surface area contributed by atoms with E-state index < -0.39 is 0 Å². The normalized spacial score (nSPS) is 24.5. The van der Waals surface area contributed by atoms with E-state index in [1.165, 1.54) is 5.56 Å². The molecule has 1 atom stereocenters. The highest BCUT2D eigenvalue weighted by molar-refractivity contribution is 6.01. The Labute approximate surface area is 123 Å². The number of para-hydroxylation sites is 1. The van der Waals surface area contributed by atoms with Crippen molar-refractivity contribution in [2.24, 2.45) is 7.05 Å². The van der Waals surface area contributed by atoms with Gasteiger partial charge in [0.1, 0.15) is 5.54 Å². The molecule has 1 aromatic carbocycles. The number of rotatable bonds is 2. The predicted molar refractivity (Wildman–Crippen MR) is 79.7 cm³/mol. The number of carbonyl (C=O) groups excluding carboxylic acids is 1. The number of aromatic nitrogens is 2. The van der Waals surface area contributed by atoms with Crippen LogP contribution in [0.15, 0.2) is 36.5 Å². The van der Waals surface area contributed by atoms with E-state index in [1.54, 1.807) is 6.20 Å². The summed E-state index contributed by atoms with van der Waals surface area (Å²) >= 11 is 0. The highest BCUT2D eigenvalue weighted by Crippen LogP contribution is 2.41. The summed E-state index contributed by atoms with van der Waals surface area (Å²) in [6.45, 7) is 1.73. The van der Waals surface area contributed by atoms with Gasteiger partial charge in [0.25, 0.3) is 0 Å². The van der Waals surface area contributed by atoms with E-state index in [1.807, 2.05) is 36.0 Å². The van der Waals surface area contributed by atoms with Crippen molar-refractivity contribution in [3.63, 3.8) is 0 Å². The monoisotopic (exact) mass is 282 g/mol. The van der Waals surface area contributed by atoms with Crippen molar-refractivity contribution >= 4 is 11.6 Å². The maximum absolute atomic E-state index is 12.6. The lowest BCUT2D eigenvalue weighted by atomic mass is 9.75. The Morgan fingerprint density at radius 3 is 2.90 bits per heavy atom. The molecule has 1 fully saturated rings. The molecule has 1 aromatic heterocycles. The molecule has 1 spiro atoms. The zero-order valence-electron chi connectivity index (χ0n) is 12.0. The summed E-state index contributed by atoms with van der Waals surface area (Å²) in [5.74, 6) is 0.134. The number of nitrogens with zero attached hydrogens (tertiary/aromatic N) is 3. The van der Waals surface area contributed by atoms with Crippen LogP contribution in [0.5, 0.6) is 0 Å². The fourth-order valence-corrected chi connectivity index (χ4v) is 3.41. The number of nitrogens with one attached hydrogen (secondary N) is 1. The van der Waals surface area contributed by atoms with Crippen LogP contribution in [0, 0.1) is 0 Å². The third-order valence-electron chi connectivity index (χ3n) is 4.85. The van der Waals surface area contributed by atoms with E-state index in [0.717, 1.165) is 37.3 Å². The number of amides is 1. The number of benzene rings is 1. The van der Waals surface area contributed by atoms with Crippen LogP contribution in [0.1, 0.15) is 17.7 Å². The van der Waals surface area contributed by atoms with Crippen LogP contribution in [-0.4, -0.2) is 32.7 Å². The summed E-state index contributed by atoms with van der Waals surface area (Å²) in [4.78, 5) is 14.9. The first-order valence-corrected chi connectivity index (χ1v) is 7.30. The highest BCUT2D eigenvalue weighted by atomic mass is 16.2. The quantitative estimate of drug-likeness (QED) is 0.909. The molecule has 2 aliphatic heterocycles. The van der Waals surface area contributed by atoms with E-state index in [9.17, 15) is 4.79 Å². The first kappa shape index (κ1) is 12.6. The highest BCUT2D eigenvalue weighted by Gasteiger charge is 2.52.